The van der Waals surface area contributed by atoms with Crippen molar-refractivity contribution in [3.8, 4) is 22.8 Å². The molecule has 0 unspecified atom stereocenters. The first-order chi connectivity index (χ1) is 9.67. The monoisotopic (exact) mass is 337 g/mol. The SMILES string of the molecule is COc1cc(Br)c(-c2cc(N)n[nH]2)cc1OC1CCC1. The molecule has 106 valence electrons. The molecule has 3 rings (SSSR count). The molecule has 1 fully saturated rings. The zero-order chi connectivity index (χ0) is 14.1. The van der Waals surface area contributed by atoms with E-state index in [1.165, 1.54) is 6.42 Å². The second-order valence-electron chi connectivity index (χ2n) is 4.86. The van der Waals surface area contributed by atoms with Crippen molar-refractivity contribution in [2.45, 2.75) is 25.4 Å². The quantitative estimate of drug-likeness (QED) is 0.897. The number of rotatable bonds is 4. The van der Waals surface area contributed by atoms with E-state index in [1.807, 2.05) is 12.1 Å². The number of nitrogens with zero attached hydrogens (tertiary/aromatic N) is 1. The number of H-pyrrole nitrogens is 1. The van der Waals surface area contributed by atoms with Crippen molar-refractivity contribution in [2.75, 3.05) is 12.8 Å². The average molecular weight is 338 g/mol. The van der Waals surface area contributed by atoms with E-state index in [0.717, 1.165) is 40.1 Å². The molecule has 20 heavy (non-hydrogen) atoms. The van der Waals surface area contributed by atoms with Crippen LogP contribution in [0.25, 0.3) is 11.3 Å². The van der Waals surface area contributed by atoms with E-state index in [2.05, 4.69) is 26.1 Å². The van der Waals surface area contributed by atoms with Gasteiger partial charge in [-0.25, -0.2) is 0 Å². The van der Waals surface area contributed by atoms with Gasteiger partial charge in [0.15, 0.2) is 11.5 Å². The highest BCUT2D eigenvalue weighted by atomic mass is 79.9. The van der Waals surface area contributed by atoms with Crippen LogP contribution in [-0.2, 0) is 0 Å². The lowest BCUT2D eigenvalue weighted by Gasteiger charge is -2.27. The van der Waals surface area contributed by atoms with Gasteiger partial charge in [-0.2, -0.15) is 5.10 Å². The summed E-state index contributed by atoms with van der Waals surface area (Å²) in [6.45, 7) is 0. The molecule has 1 aromatic carbocycles. The molecule has 0 radical (unpaired) electrons. The second kappa shape index (κ2) is 5.36. The third kappa shape index (κ3) is 2.47. The van der Waals surface area contributed by atoms with Crippen LogP contribution in [0.1, 0.15) is 19.3 Å². The van der Waals surface area contributed by atoms with Gasteiger partial charge in [-0.15, -0.1) is 0 Å². The van der Waals surface area contributed by atoms with Crippen LogP contribution < -0.4 is 15.2 Å². The molecular weight excluding hydrogens is 322 g/mol. The third-order valence-corrected chi connectivity index (χ3v) is 4.14. The minimum Gasteiger partial charge on any atom is -0.493 e. The van der Waals surface area contributed by atoms with Gasteiger partial charge < -0.3 is 15.2 Å². The molecule has 1 aliphatic rings. The first-order valence-electron chi connectivity index (χ1n) is 6.53. The summed E-state index contributed by atoms with van der Waals surface area (Å²) in [5, 5.41) is 6.86. The molecule has 0 aliphatic heterocycles. The summed E-state index contributed by atoms with van der Waals surface area (Å²) < 4.78 is 12.3. The van der Waals surface area contributed by atoms with Crippen molar-refractivity contribution in [2.24, 2.45) is 0 Å². The molecule has 1 saturated carbocycles. The zero-order valence-corrected chi connectivity index (χ0v) is 12.7. The molecule has 0 saturated heterocycles. The van der Waals surface area contributed by atoms with Gasteiger partial charge in [0.05, 0.1) is 18.9 Å². The zero-order valence-electron chi connectivity index (χ0n) is 11.1. The standard InChI is InChI=1S/C14H16BrN3O2/c1-19-12-6-10(15)9(11-7-14(16)18-17-11)5-13(12)20-8-3-2-4-8/h5-8H,2-4H2,1H3,(H3,16,17,18). The number of aromatic nitrogens is 2. The van der Waals surface area contributed by atoms with E-state index in [9.17, 15) is 0 Å². The highest BCUT2D eigenvalue weighted by Crippen LogP contribution is 2.40. The number of nitrogens with two attached hydrogens (primary N) is 1. The second-order valence-corrected chi connectivity index (χ2v) is 5.71. The van der Waals surface area contributed by atoms with Gasteiger partial charge in [0, 0.05) is 16.1 Å². The van der Waals surface area contributed by atoms with Gasteiger partial charge in [0.2, 0.25) is 0 Å². The lowest BCUT2D eigenvalue weighted by molar-refractivity contribution is 0.116. The molecule has 1 aliphatic carbocycles. The number of ether oxygens (including phenoxy) is 2. The average Bonchev–Trinajstić information content (AvgIpc) is 2.81. The Hall–Kier alpha value is -1.69. The first-order valence-corrected chi connectivity index (χ1v) is 7.32. The predicted molar refractivity (Wildman–Crippen MR) is 81.0 cm³/mol. The Bertz CT molecular complexity index is 623. The van der Waals surface area contributed by atoms with Gasteiger partial charge in [-0.05, 0) is 47.3 Å². The van der Waals surface area contributed by atoms with Gasteiger partial charge >= 0.3 is 0 Å². The highest BCUT2D eigenvalue weighted by Gasteiger charge is 2.22. The molecule has 5 nitrogen and oxygen atoms in total. The van der Waals surface area contributed by atoms with Gasteiger partial charge in [-0.1, -0.05) is 0 Å². The van der Waals surface area contributed by atoms with Crippen molar-refractivity contribution in [3.63, 3.8) is 0 Å². The number of nitrogen functional groups attached to an aromatic ring is 1. The summed E-state index contributed by atoms with van der Waals surface area (Å²) in [6, 6.07) is 5.65. The molecule has 2 aromatic rings. The Balaban J connectivity index is 1.99. The topological polar surface area (TPSA) is 73.2 Å². The lowest BCUT2D eigenvalue weighted by atomic mass is 9.96. The molecular formula is C14H16BrN3O2. The summed E-state index contributed by atoms with van der Waals surface area (Å²) in [5.74, 6) is 1.94. The minimum atomic E-state index is 0.296. The van der Waals surface area contributed by atoms with E-state index in [0.29, 0.717) is 11.9 Å². The van der Waals surface area contributed by atoms with Crippen molar-refractivity contribution in [1.82, 2.24) is 10.2 Å². The summed E-state index contributed by atoms with van der Waals surface area (Å²) in [7, 11) is 1.64. The lowest BCUT2D eigenvalue weighted by Crippen LogP contribution is -2.24. The Morgan fingerprint density at radius 3 is 2.65 bits per heavy atom. The fourth-order valence-corrected chi connectivity index (χ4v) is 2.67. The Morgan fingerprint density at radius 1 is 1.30 bits per heavy atom. The smallest absolute Gasteiger partial charge is 0.162 e. The summed E-state index contributed by atoms with van der Waals surface area (Å²) in [5.41, 5.74) is 7.45. The van der Waals surface area contributed by atoms with Crippen LogP contribution in [0.15, 0.2) is 22.7 Å². The Labute approximate surface area is 125 Å². The number of anilines is 1. The number of nitrogens with one attached hydrogen (secondary N) is 1. The Morgan fingerprint density at radius 2 is 2.10 bits per heavy atom. The number of aromatic amines is 1. The van der Waals surface area contributed by atoms with Crippen molar-refractivity contribution in [1.29, 1.82) is 0 Å². The number of methoxy groups -OCH3 is 1. The molecule has 1 heterocycles. The molecule has 0 spiro atoms. The third-order valence-electron chi connectivity index (χ3n) is 3.49. The normalized spacial score (nSPS) is 14.9. The minimum absolute atomic E-state index is 0.296. The van der Waals surface area contributed by atoms with Crippen molar-refractivity contribution < 1.29 is 9.47 Å². The van der Waals surface area contributed by atoms with Gasteiger partial charge in [0.25, 0.3) is 0 Å². The maximum atomic E-state index is 5.98. The van der Waals surface area contributed by atoms with Crippen LogP contribution >= 0.6 is 15.9 Å². The van der Waals surface area contributed by atoms with Crippen LogP contribution in [0, 0.1) is 0 Å². The van der Waals surface area contributed by atoms with E-state index >= 15 is 0 Å². The molecule has 6 heteroatoms. The fraction of sp³-hybridized carbons (Fsp3) is 0.357. The van der Waals surface area contributed by atoms with Crippen molar-refractivity contribution in [3.05, 3.63) is 22.7 Å². The maximum absolute atomic E-state index is 5.98. The molecule has 1 aromatic heterocycles. The summed E-state index contributed by atoms with van der Waals surface area (Å²) in [6.07, 6.45) is 3.73. The van der Waals surface area contributed by atoms with Crippen LogP contribution in [0.3, 0.4) is 0 Å². The fourth-order valence-electron chi connectivity index (χ4n) is 2.14. The van der Waals surface area contributed by atoms with Crippen molar-refractivity contribution >= 4 is 21.7 Å². The van der Waals surface area contributed by atoms with E-state index in [-0.39, 0.29) is 0 Å². The number of hydrogen-bond donors (Lipinski definition) is 2. The molecule has 3 N–H and O–H groups in total. The van der Waals surface area contributed by atoms with Gasteiger partial charge in [-0.3, -0.25) is 5.10 Å². The van der Waals surface area contributed by atoms with E-state index < -0.39 is 0 Å². The number of benzene rings is 1. The largest absolute Gasteiger partial charge is 0.493 e. The highest BCUT2D eigenvalue weighted by molar-refractivity contribution is 9.10. The van der Waals surface area contributed by atoms with Gasteiger partial charge in [0.1, 0.15) is 5.82 Å². The van der Waals surface area contributed by atoms with E-state index in [1.54, 1.807) is 13.2 Å². The number of hydrogen-bond acceptors (Lipinski definition) is 4. The first kappa shape index (κ1) is 13.3. The summed E-state index contributed by atoms with van der Waals surface area (Å²) >= 11 is 3.54. The summed E-state index contributed by atoms with van der Waals surface area (Å²) in [4.78, 5) is 0. The molecule has 0 bridgehead atoms. The van der Waals surface area contributed by atoms with Crippen LogP contribution in [-0.4, -0.2) is 23.4 Å². The van der Waals surface area contributed by atoms with E-state index in [4.69, 9.17) is 15.2 Å². The number of halogens is 1. The molecule has 0 atom stereocenters. The molecule has 0 amide bonds. The maximum Gasteiger partial charge on any atom is 0.162 e. The van der Waals surface area contributed by atoms with Crippen LogP contribution in [0.5, 0.6) is 11.5 Å². The van der Waals surface area contributed by atoms with Crippen LogP contribution in [0.2, 0.25) is 0 Å². The Kier molecular flexibility index (Phi) is 3.56. The predicted octanol–water partition coefficient (Wildman–Crippen LogP) is 3.36. The van der Waals surface area contributed by atoms with Crippen LogP contribution in [0.4, 0.5) is 5.82 Å².